The molecule has 1 amide bonds. The molecule has 2 N–H and O–H groups in total. The molecule has 92 valence electrons. The molecule has 0 aromatic rings. The minimum atomic E-state index is -0.841. The molecule has 5 nitrogen and oxygen atoms in total. The van der Waals surface area contributed by atoms with Gasteiger partial charge in [-0.2, -0.15) is 0 Å². The van der Waals surface area contributed by atoms with E-state index in [1.54, 1.807) is 7.11 Å². The molecule has 0 radical (unpaired) electrons. The summed E-state index contributed by atoms with van der Waals surface area (Å²) in [5.74, 6) is -0.953. The Labute approximate surface area is 95.2 Å². The van der Waals surface area contributed by atoms with Crippen molar-refractivity contribution in [1.82, 2.24) is 5.32 Å². The van der Waals surface area contributed by atoms with Crippen LogP contribution >= 0.6 is 0 Å². The summed E-state index contributed by atoms with van der Waals surface area (Å²) in [4.78, 5) is 22.2. The monoisotopic (exact) mass is 229 g/mol. The van der Waals surface area contributed by atoms with Crippen molar-refractivity contribution in [2.45, 2.75) is 50.7 Å². The zero-order chi connectivity index (χ0) is 12.2. The number of rotatable bonds is 6. The number of carboxylic acids is 1. The number of amides is 1. The summed E-state index contributed by atoms with van der Waals surface area (Å²) in [7, 11) is 1.54. The lowest BCUT2D eigenvalue weighted by molar-refractivity contribution is -0.155. The maximum absolute atomic E-state index is 11.8. The third kappa shape index (κ3) is 2.95. The van der Waals surface area contributed by atoms with E-state index in [0.717, 1.165) is 19.3 Å². The number of carbonyl (C=O) groups excluding carboxylic acids is 1. The van der Waals surface area contributed by atoms with Crippen molar-refractivity contribution in [3.8, 4) is 0 Å². The number of carbonyl (C=O) groups is 2. The lowest BCUT2D eigenvalue weighted by atomic mass is 9.79. The Kier molecular flexibility index (Phi) is 4.29. The maximum atomic E-state index is 11.8. The van der Waals surface area contributed by atoms with Crippen LogP contribution in [0, 0.1) is 0 Å². The zero-order valence-electron chi connectivity index (χ0n) is 9.78. The second-order valence-corrected chi connectivity index (χ2v) is 4.36. The molecule has 1 aliphatic carbocycles. The normalized spacial score (nSPS) is 19.6. The summed E-state index contributed by atoms with van der Waals surface area (Å²) >= 11 is 0. The van der Waals surface area contributed by atoms with Gasteiger partial charge in [0.2, 0.25) is 0 Å². The second kappa shape index (κ2) is 5.30. The van der Waals surface area contributed by atoms with E-state index in [9.17, 15) is 9.59 Å². The van der Waals surface area contributed by atoms with Crippen molar-refractivity contribution in [2.75, 3.05) is 7.11 Å². The third-order valence-corrected chi connectivity index (χ3v) is 3.13. The van der Waals surface area contributed by atoms with Gasteiger partial charge < -0.3 is 15.2 Å². The van der Waals surface area contributed by atoms with Gasteiger partial charge in [-0.15, -0.1) is 0 Å². The number of hydrogen-bond donors (Lipinski definition) is 2. The Morgan fingerprint density at radius 2 is 2.12 bits per heavy atom. The van der Waals surface area contributed by atoms with Gasteiger partial charge in [-0.1, -0.05) is 0 Å². The molecule has 1 fully saturated rings. The molecule has 0 aliphatic heterocycles. The van der Waals surface area contributed by atoms with Gasteiger partial charge in [0.15, 0.2) is 0 Å². The van der Waals surface area contributed by atoms with E-state index in [2.05, 4.69) is 5.32 Å². The topological polar surface area (TPSA) is 75.6 Å². The Morgan fingerprint density at radius 1 is 1.50 bits per heavy atom. The Bertz CT molecular complexity index is 268. The highest BCUT2D eigenvalue weighted by molar-refractivity contribution is 5.86. The number of ether oxygens (including phenoxy) is 1. The van der Waals surface area contributed by atoms with Crippen molar-refractivity contribution in [3.63, 3.8) is 0 Å². The smallest absolute Gasteiger partial charge is 0.303 e. The largest absolute Gasteiger partial charge is 0.481 e. The fourth-order valence-corrected chi connectivity index (χ4v) is 1.79. The first-order valence-corrected chi connectivity index (χ1v) is 5.58. The second-order valence-electron chi connectivity index (χ2n) is 4.36. The Hall–Kier alpha value is -1.10. The van der Waals surface area contributed by atoms with Gasteiger partial charge in [-0.25, -0.2) is 0 Å². The lowest BCUT2D eigenvalue weighted by Crippen LogP contribution is -2.54. The highest BCUT2D eigenvalue weighted by Crippen LogP contribution is 2.35. The van der Waals surface area contributed by atoms with Crippen molar-refractivity contribution in [2.24, 2.45) is 0 Å². The fourth-order valence-electron chi connectivity index (χ4n) is 1.79. The van der Waals surface area contributed by atoms with E-state index >= 15 is 0 Å². The summed E-state index contributed by atoms with van der Waals surface area (Å²) < 4.78 is 5.23. The quantitative estimate of drug-likeness (QED) is 0.710. The molecule has 1 unspecified atom stereocenters. The molecular formula is C11H19NO4. The van der Waals surface area contributed by atoms with Crippen LogP contribution in [-0.2, 0) is 14.3 Å². The first-order valence-electron chi connectivity index (χ1n) is 5.58. The molecule has 1 aliphatic rings. The SMILES string of the molecule is COC1(C(=O)NC(C)CCC(=O)O)CCC1. The van der Waals surface area contributed by atoms with Crippen LogP contribution in [0.5, 0.6) is 0 Å². The summed E-state index contributed by atoms with van der Waals surface area (Å²) in [5.41, 5.74) is -0.655. The number of nitrogens with one attached hydrogen (secondary N) is 1. The van der Waals surface area contributed by atoms with Crippen LogP contribution in [-0.4, -0.2) is 35.7 Å². The minimum absolute atomic E-state index is 0.0709. The van der Waals surface area contributed by atoms with Gasteiger partial charge in [0.25, 0.3) is 5.91 Å². The van der Waals surface area contributed by atoms with Crippen LogP contribution in [0.1, 0.15) is 39.0 Å². The van der Waals surface area contributed by atoms with E-state index < -0.39 is 11.6 Å². The van der Waals surface area contributed by atoms with Gasteiger partial charge in [0.1, 0.15) is 5.60 Å². The van der Waals surface area contributed by atoms with Crippen molar-refractivity contribution in [3.05, 3.63) is 0 Å². The number of aliphatic carboxylic acids is 1. The summed E-state index contributed by atoms with van der Waals surface area (Å²) in [6.45, 7) is 1.81. The number of hydrogen-bond acceptors (Lipinski definition) is 3. The van der Waals surface area contributed by atoms with Crippen molar-refractivity contribution < 1.29 is 19.4 Å². The first kappa shape index (κ1) is 13.0. The molecule has 0 spiro atoms. The molecule has 1 saturated carbocycles. The van der Waals surface area contributed by atoms with E-state index in [-0.39, 0.29) is 18.4 Å². The molecule has 0 bridgehead atoms. The standard InChI is InChI=1S/C11H19NO4/c1-8(4-5-9(13)14)12-10(15)11(16-2)6-3-7-11/h8H,3-7H2,1-2H3,(H,12,15)(H,13,14). The highest BCUT2D eigenvalue weighted by Gasteiger charge is 2.44. The lowest BCUT2D eigenvalue weighted by Gasteiger charge is -2.39. The molecule has 1 rings (SSSR count). The minimum Gasteiger partial charge on any atom is -0.481 e. The van der Waals surface area contributed by atoms with Gasteiger partial charge in [-0.05, 0) is 32.6 Å². The highest BCUT2D eigenvalue weighted by atomic mass is 16.5. The van der Waals surface area contributed by atoms with E-state index in [1.807, 2.05) is 6.92 Å². The third-order valence-electron chi connectivity index (χ3n) is 3.13. The molecule has 0 saturated heterocycles. The fraction of sp³-hybridized carbons (Fsp3) is 0.818. The van der Waals surface area contributed by atoms with Crippen molar-refractivity contribution >= 4 is 11.9 Å². The summed E-state index contributed by atoms with van der Waals surface area (Å²) in [6.07, 6.45) is 3.02. The van der Waals surface area contributed by atoms with Crippen LogP contribution in [0.15, 0.2) is 0 Å². The molecule has 0 aromatic heterocycles. The van der Waals surface area contributed by atoms with E-state index in [0.29, 0.717) is 6.42 Å². The molecule has 0 heterocycles. The van der Waals surface area contributed by atoms with Crippen LogP contribution in [0.3, 0.4) is 0 Å². The van der Waals surface area contributed by atoms with Crippen LogP contribution in [0.4, 0.5) is 0 Å². The predicted molar refractivity (Wildman–Crippen MR) is 58.1 cm³/mol. The predicted octanol–water partition coefficient (Wildman–Crippen LogP) is 0.925. The zero-order valence-corrected chi connectivity index (χ0v) is 9.78. The average molecular weight is 229 g/mol. The van der Waals surface area contributed by atoms with Crippen molar-refractivity contribution in [1.29, 1.82) is 0 Å². The number of carboxylic acid groups (broad SMARTS) is 1. The molecule has 1 atom stereocenters. The molecule has 0 aromatic carbocycles. The van der Waals surface area contributed by atoms with Crippen LogP contribution in [0.25, 0.3) is 0 Å². The van der Waals surface area contributed by atoms with Gasteiger partial charge in [-0.3, -0.25) is 9.59 Å². The maximum Gasteiger partial charge on any atom is 0.303 e. The molecule has 16 heavy (non-hydrogen) atoms. The van der Waals surface area contributed by atoms with Crippen LogP contribution in [0.2, 0.25) is 0 Å². The van der Waals surface area contributed by atoms with Gasteiger partial charge >= 0.3 is 5.97 Å². The molecular weight excluding hydrogens is 210 g/mol. The average Bonchev–Trinajstić information content (AvgIpc) is 2.13. The number of methoxy groups -OCH3 is 1. The summed E-state index contributed by atoms with van der Waals surface area (Å²) in [6, 6.07) is -0.128. The van der Waals surface area contributed by atoms with Gasteiger partial charge in [0.05, 0.1) is 0 Å². The summed E-state index contributed by atoms with van der Waals surface area (Å²) in [5, 5.41) is 11.3. The Balaban J connectivity index is 2.35. The molecule has 5 heteroatoms. The van der Waals surface area contributed by atoms with E-state index in [1.165, 1.54) is 0 Å². The first-order chi connectivity index (χ1) is 7.50. The van der Waals surface area contributed by atoms with Gasteiger partial charge in [0, 0.05) is 19.6 Å². The van der Waals surface area contributed by atoms with E-state index in [4.69, 9.17) is 9.84 Å². The van der Waals surface area contributed by atoms with Crippen LogP contribution < -0.4 is 5.32 Å². The Morgan fingerprint density at radius 3 is 2.50 bits per heavy atom.